The smallest absolute Gasteiger partial charge is 0.106 e. The lowest BCUT2D eigenvalue weighted by Gasteiger charge is -2.38. The van der Waals surface area contributed by atoms with Crippen molar-refractivity contribution in [3.05, 3.63) is 16.6 Å². The van der Waals surface area contributed by atoms with E-state index in [2.05, 4.69) is 17.2 Å². The number of aromatic nitrogens is 1. The lowest BCUT2D eigenvalue weighted by Crippen LogP contribution is -2.50. The molecule has 16 heavy (non-hydrogen) atoms. The Morgan fingerprint density at radius 2 is 2.31 bits per heavy atom. The Bertz CT molecular complexity index is 305. The maximum Gasteiger partial charge on any atom is 0.106 e. The van der Waals surface area contributed by atoms with Crippen LogP contribution in [-0.2, 0) is 6.54 Å². The van der Waals surface area contributed by atoms with Gasteiger partial charge in [0.05, 0.1) is 6.61 Å². The van der Waals surface area contributed by atoms with E-state index in [-0.39, 0.29) is 12.1 Å². The molecular weight excluding hydrogens is 220 g/mol. The van der Waals surface area contributed by atoms with Crippen molar-refractivity contribution >= 4 is 11.3 Å². The first-order chi connectivity index (χ1) is 7.74. The van der Waals surface area contributed by atoms with Crippen molar-refractivity contribution in [2.24, 2.45) is 5.92 Å². The highest BCUT2D eigenvalue weighted by molar-refractivity contribution is 7.09. The third-order valence-corrected chi connectivity index (χ3v) is 4.41. The second-order valence-corrected chi connectivity index (χ2v) is 5.88. The molecule has 1 aliphatic rings. The van der Waals surface area contributed by atoms with Crippen molar-refractivity contribution in [2.75, 3.05) is 6.61 Å². The summed E-state index contributed by atoms with van der Waals surface area (Å²) in [6, 6.07) is 0. The van der Waals surface area contributed by atoms with Crippen LogP contribution in [0.4, 0.5) is 0 Å². The minimum atomic E-state index is -0.0574. The van der Waals surface area contributed by atoms with Gasteiger partial charge in [-0.1, -0.05) is 6.92 Å². The van der Waals surface area contributed by atoms with Crippen LogP contribution in [0.5, 0.6) is 0 Å². The summed E-state index contributed by atoms with van der Waals surface area (Å²) in [5.74, 6) is 0.807. The van der Waals surface area contributed by atoms with Crippen molar-refractivity contribution in [1.82, 2.24) is 10.3 Å². The number of aliphatic hydroxyl groups excluding tert-OH is 1. The molecule has 1 heterocycles. The molecule has 1 fully saturated rings. The topological polar surface area (TPSA) is 45.1 Å². The van der Waals surface area contributed by atoms with Crippen molar-refractivity contribution in [3.8, 4) is 0 Å². The van der Waals surface area contributed by atoms with Crippen molar-refractivity contribution in [3.63, 3.8) is 0 Å². The molecule has 1 aromatic heterocycles. The molecule has 0 amide bonds. The van der Waals surface area contributed by atoms with Crippen LogP contribution in [0.1, 0.15) is 37.6 Å². The molecule has 0 spiro atoms. The van der Waals surface area contributed by atoms with Crippen LogP contribution < -0.4 is 5.32 Å². The highest BCUT2D eigenvalue weighted by Gasteiger charge is 2.33. The maximum atomic E-state index is 9.58. The maximum absolute atomic E-state index is 9.58. The van der Waals surface area contributed by atoms with Gasteiger partial charge in [-0.25, -0.2) is 4.98 Å². The second-order valence-electron chi connectivity index (χ2n) is 4.90. The summed E-state index contributed by atoms with van der Waals surface area (Å²) in [6.45, 7) is 3.32. The molecule has 2 rings (SSSR count). The fourth-order valence-electron chi connectivity index (χ4n) is 2.31. The van der Waals surface area contributed by atoms with Gasteiger partial charge in [0.2, 0.25) is 0 Å². The predicted molar refractivity (Wildman–Crippen MR) is 66.4 cm³/mol. The SMILES string of the molecule is CC1CCC(CO)(NCc2nccs2)CC1. The molecule has 1 aliphatic carbocycles. The van der Waals surface area contributed by atoms with Crippen molar-refractivity contribution in [1.29, 1.82) is 0 Å². The third-order valence-electron chi connectivity index (χ3n) is 3.63. The molecule has 3 nitrogen and oxygen atoms in total. The van der Waals surface area contributed by atoms with Gasteiger partial charge >= 0.3 is 0 Å². The van der Waals surface area contributed by atoms with Gasteiger partial charge in [-0.15, -0.1) is 11.3 Å². The highest BCUT2D eigenvalue weighted by Crippen LogP contribution is 2.31. The Morgan fingerprint density at radius 1 is 1.56 bits per heavy atom. The fourth-order valence-corrected chi connectivity index (χ4v) is 2.86. The number of thiazole rings is 1. The van der Waals surface area contributed by atoms with Gasteiger partial charge in [-0.2, -0.15) is 0 Å². The van der Waals surface area contributed by atoms with Gasteiger partial charge < -0.3 is 10.4 Å². The second kappa shape index (κ2) is 5.25. The quantitative estimate of drug-likeness (QED) is 0.848. The van der Waals surface area contributed by atoms with Crippen molar-refractivity contribution in [2.45, 2.75) is 44.7 Å². The number of rotatable bonds is 4. The molecule has 1 saturated carbocycles. The van der Waals surface area contributed by atoms with Crippen LogP contribution >= 0.6 is 11.3 Å². The van der Waals surface area contributed by atoms with Crippen LogP contribution in [0.3, 0.4) is 0 Å². The number of hydrogen-bond acceptors (Lipinski definition) is 4. The minimum absolute atomic E-state index is 0.0574. The van der Waals surface area contributed by atoms with E-state index in [0.29, 0.717) is 0 Å². The number of aliphatic hydroxyl groups is 1. The zero-order valence-corrected chi connectivity index (χ0v) is 10.6. The van der Waals surface area contributed by atoms with Crippen LogP contribution in [0.15, 0.2) is 11.6 Å². The molecule has 1 aromatic rings. The van der Waals surface area contributed by atoms with Gasteiger partial charge in [0, 0.05) is 23.7 Å². The fraction of sp³-hybridized carbons (Fsp3) is 0.750. The first-order valence-corrected chi connectivity index (χ1v) is 6.86. The van der Waals surface area contributed by atoms with E-state index in [9.17, 15) is 5.11 Å². The number of nitrogens with zero attached hydrogens (tertiary/aromatic N) is 1. The van der Waals surface area contributed by atoms with Crippen LogP contribution in [0, 0.1) is 5.92 Å². The summed E-state index contributed by atoms with van der Waals surface area (Å²) in [7, 11) is 0. The summed E-state index contributed by atoms with van der Waals surface area (Å²) < 4.78 is 0. The van der Waals surface area contributed by atoms with E-state index in [0.717, 1.165) is 30.3 Å². The van der Waals surface area contributed by atoms with Gasteiger partial charge in [0.1, 0.15) is 5.01 Å². The Hall–Kier alpha value is -0.450. The number of hydrogen-bond donors (Lipinski definition) is 2. The Kier molecular flexibility index (Phi) is 3.95. The van der Waals surface area contributed by atoms with Crippen LogP contribution in [0.25, 0.3) is 0 Å². The molecule has 0 bridgehead atoms. The Balaban J connectivity index is 1.89. The van der Waals surface area contributed by atoms with Gasteiger partial charge in [-0.3, -0.25) is 0 Å². The summed E-state index contributed by atoms with van der Waals surface area (Å²) in [5.41, 5.74) is -0.0574. The molecule has 0 atom stereocenters. The third kappa shape index (κ3) is 2.81. The van der Waals surface area contributed by atoms with E-state index in [1.54, 1.807) is 11.3 Å². The van der Waals surface area contributed by atoms with E-state index in [4.69, 9.17) is 0 Å². The molecule has 0 radical (unpaired) electrons. The normalized spacial score (nSPS) is 30.5. The summed E-state index contributed by atoms with van der Waals surface area (Å²) >= 11 is 1.67. The summed E-state index contributed by atoms with van der Waals surface area (Å²) in [4.78, 5) is 4.26. The summed E-state index contributed by atoms with van der Waals surface area (Å²) in [6.07, 6.45) is 6.42. The molecule has 0 aliphatic heterocycles. The zero-order valence-electron chi connectivity index (χ0n) is 9.78. The molecule has 2 N–H and O–H groups in total. The van der Waals surface area contributed by atoms with Gasteiger partial charge in [0.15, 0.2) is 0 Å². The molecule has 90 valence electrons. The van der Waals surface area contributed by atoms with E-state index >= 15 is 0 Å². The Labute approximate surface area is 101 Å². The van der Waals surface area contributed by atoms with Crippen LogP contribution in [-0.4, -0.2) is 22.2 Å². The lowest BCUT2D eigenvalue weighted by molar-refractivity contribution is 0.104. The van der Waals surface area contributed by atoms with E-state index in [1.165, 1.54) is 12.8 Å². The van der Waals surface area contributed by atoms with Crippen LogP contribution in [0.2, 0.25) is 0 Å². The molecule has 0 saturated heterocycles. The molecule has 0 aromatic carbocycles. The van der Waals surface area contributed by atoms with Gasteiger partial charge in [-0.05, 0) is 31.6 Å². The summed E-state index contributed by atoms with van der Waals surface area (Å²) in [5, 5.41) is 16.2. The first-order valence-electron chi connectivity index (χ1n) is 5.98. The standard InChI is InChI=1S/C12H20N2OS/c1-10-2-4-12(9-15,5-3-10)14-8-11-13-6-7-16-11/h6-7,10,14-15H,2-5,8-9H2,1H3. The average molecular weight is 240 g/mol. The lowest BCUT2D eigenvalue weighted by atomic mass is 9.77. The molecule has 4 heteroatoms. The molecular formula is C12H20N2OS. The predicted octanol–water partition coefficient (Wildman–Crippen LogP) is 2.17. The monoisotopic (exact) mass is 240 g/mol. The van der Waals surface area contributed by atoms with E-state index in [1.807, 2.05) is 11.6 Å². The minimum Gasteiger partial charge on any atom is -0.394 e. The zero-order chi connectivity index (χ0) is 11.4. The largest absolute Gasteiger partial charge is 0.394 e. The van der Waals surface area contributed by atoms with Gasteiger partial charge in [0.25, 0.3) is 0 Å². The van der Waals surface area contributed by atoms with Crippen molar-refractivity contribution < 1.29 is 5.11 Å². The Morgan fingerprint density at radius 3 is 2.88 bits per heavy atom. The van der Waals surface area contributed by atoms with E-state index < -0.39 is 0 Å². The average Bonchev–Trinajstić information content (AvgIpc) is 2.82. The highest BCUT2D eigenvalue weighted by atomic mass is 32.1. The number of nitrogens with one attached hydrogen (secondary N) is 1. The molecule has 0 unspecified atom stereocenters. The first kappa shape index (κ1) is 12.0.